The first-order valence-electron chi connectivity index (χ1n) is 12.3. The molecule has 1 N–H and O–H groups in total. The van der Waals surface area contributed by atoms with E-state index < -0.39 is 17.2 Å². The zero-order valence-electron chi connectivity index (χ0n) is 21.2. The van der Waals surface area contributed by atoms with Crippen molar-refractivity contribution < 1.29 is 14.3 Å². The van der Waals surface area contributed by atoms with Crippen LogP contribution in [0.15, 0.2) is 77.8 Å². The van der Waals surface area contributed by atoms with E-state index in [1.807, 2.05) is 69.3 Å². The summed E-state index contributed by atoms with van der Waals surface area (Å²) in [5.41, 5.74) is 3.49. The first kappa shape index (κ1) is 24.9. The van der Waals surface area contributed by atoms with Gasteiger partial charge in [0.25, 0.3) is 0 Å². The fourth-order valence-electron chi connectivity index (χ4n) is 4.79. The topological polar surface area (TPSA) is 64.3 Å². The number of nitrogens with one attached hydrogen (secondary N) is 1. The van der Waals surface area contributed by atoms with Crippen molar-refractivity contribution in [1.82, 2.24) is 5.32 Å². The van der Waals surface area contributed by atoms with Gasteiger partial charge in [0.1, 0.15) is 17.5 Å². The molecule has 5 rings (SSSR count). The number of benzene rings is 3. The molecule has 0 radical (unpaired) electrons. The monoisotopic (exact) mass is 511 g/mol. The minimum atomic E-state index is -0.597. The maximum atomic E-state index is 12.6. The smallest absolute Gasteiger partial charge is 0.413 e. The molecular weight excluding hydrogens is 482 g/mol. The van der Waals surface area contributed by atoms with Crippen molar-refractivity contribution in [3.63, 3.8) is 0 Å². The molecular formula is C30H29N3O3S. The molecule has 3 aromatic carbocycles. The highest BCUT2D eigenvalue weighted by Gasteiger charge is 2.44. The molecule has 6 nitrogen and oxygen atoms in total. The number of nitrogens with zero attached hydrogens (tertiary/aromatic N) is 2. The Balaban J connectivity index is 1.58. The summed E-state index contributed by atoms with van der Waals surface area (Å²) in [6, 6.07) is 24.0. The Morgan fingerprint density at radius 2 is 1.89 bits per heavy atom. The van der Waals surface area contributed by atoms with Gasteiger partial charge in [0, 0.05) is 17.7 Å². The quantitative estimate of drug-likeness (QED) is 0.359. The van der Waals surface area contributed by atoms with Crippen molar-refractivity contribution >= 4 is 28.7 Å². The summed E-state index contributed by atoms with van der Waals surface area (Å²) in [6.45, 7) is 12.9. The molecule has 2 unspecified atom stereocenters. The number of thioether (sulfide) groups is 1. The van der Waals surface area contributed by atoms with Gasteiger partial charge >= 0.3 is 6.09 Å². The Morgan fingerprint density at radius 3 is 2.65 bits per heavy atom. The molecule has 0 aromatic heterocycles. The molecule has 7 heteroatoms. The lowest BCUT2D eigenvalue weighted by atomic mass is 9.78. The molecule has 2 aliphatic rings. The first-order chi connectivity index (χ1) is 17.7. The number of rotatable bonds is 2. The molecule has 3 aromatic rings. The van der Waals surface area contributed by atoms with Crippen LogP contribution >= 0.6 is 11.8 Å². The molecule has 2 heterocycles. The molecule has 1 amide bonds. The number of carbonyl (C=O) groups is 1. The van der Waals surface area contributed by atoms with E-state index in [1.54, 1.807) is 6.07 Å². The maximum Gasteiger partial charge on any atom is 0.413 e. The molecule has 0 saturated carbocycles. The van der Waals surface area contributed by atoms with Crippen molar-refractivity contribution in [2.45, 2.75) is 50.9 Å². The Kier molecular flexibility index (Phi) is 6.70. The van der Waals surface area contributed by atoms with E-state index in [2.05, 4.69) is 28.4 Å². The largest absolute Gasteiger partial charge is 0.485 e. The zero-order chi connectivity index (χ0) is 26.0. The molecule has 0 bridgehead atoms. The molecule has 2 aliphatic heterocycles. The van der Waals surface area contributed by atoms with E-state index >= 15 is 0 Å². The summed E-state index contributed by atoms with van der Waals surface area (Å²) < 4.78 is 12.0. The summed E-state index contributed by atoms with van der Waals surface area (Å²) in [7, 11) is 0. The van der Waals surface area contributed by atoms with Gasteiger partial charge in [0.15, 0.2) is 10.9 Å². The lowest BCUT2D eigenvalue weighted by molar-refractivity contribution is 0.0563. The van der Waals surface area contributed by atoms with E-state index in [1.165, 1.54) is 11.8 Å². The van der Waals surface area contributed by atoms with Crippen LogP contribution in [0.5, 0.6) is 5.75 Å². The van der Waals surface area contributed by atoms with Gasteiger partial charge in [-0.3, -0.25) is 10.3 Å². The fraction of sp³-hybridized carbons (Fsp3) is 0.300. The second kappa shape index (κ2) is 9.95. The van der Waals surface area contributed by atoms with Crippen LogP contribution in [0.25, 0.3) is 16.0 Å². The molecule has 0 aliphatic carbocycles. The van der Waals surface area contributed by atoms with Gasteiger partial charge in [0.05, 0.1) is 12.1 Å². The van der Waals surface area contributed by atoms with E-state index in [4.69, 9.17) is 21.0 Å². The second-order valence-corrected chi connectivity index (χ2v) is 11.4. The Morgan fingerprint density at radius 1 is 1.11 bits per heavy atom. The predicted molar refractivity (Wildman–Crippen MR) is 148 cm³/mol. The molecule has 2 atom stereocenters. The minimum absolute atomic E-state index is 0.167. The third-order valence-corrected chi connectivity index (χ3v) is 7.31. The van der Waals surface area contributed by atoms with Crippen LogP contribution in [0.3, 0.4) is 0 Å². The van der Waals surface area contributed by atoms with Crippen LogP contribution in [0, 0.1) is 6.57 Å². The standard InChI is InChI=1S/C30H29N3O3S/c1-29(2,3)36-28(34)32-27-33-30(15-16-37-27)19-26(20-9-6-5-7-10-20)35-25-14-13-22(18-24(25)30)21-11-8-12-23(17-21)31-4/h5-14,17-18,26H,15-16,19H2,1-3H3,(H,32,33,34). The van der Waals surface area contributed by atoms with E-state index in [0.29, 0.717) is 17.3 Å². The Hall–Kier alpha value is -3.76. The highest BCUT2D eigenvalue weighted by Crippen LogP contribution is 2.52. The van der Waals surface area contributed by atoms with Crippen LogP contribution in [0.1, 0.15) is 50.8 Å². The lowest BCUT2D eigenvalue weighted by Gasteiger charge is -2.42. The van der Waals surface area contributed by atoms with Crippen LogP contribution < -0.4 is 10.1 Å². The zero-order valence-corrected chi connectivity index (χ0v) is 22.0. The number of fused-ring (bicyclic) bond motifs is 2. The Bertz CT molecular complexity index is 1390. The van der Waals surface area contributed by atoms with Gasteiger partial charge in [-0.25, -0.2) is 9.64 Å². The Labute approximate surface area is 221 Å². The number of aliphatic imine (C=N–C) groups is 1. The number of hydrogen-bond acceptors (Lipinski definition) is 5. The summed E-state index contributed by atoms with van der Waals surface area (Å²) in [5, 5.41) is 3.43. The van der Waals surface area contributed by atoms with Crippen molar-refractivity contribution in [3.8, 4) is 16.9 Å². The van der Waals surface area contributed by atoms with Gasteiger partial charge in [-0.2, -0.15) is 0 Å². The number of amides is 1. The van der Waals surface area contributed by atoms with Gasteiger partial charge in [-0.15, -0.1) is 0 Å². The number of ether oxygens (including phenoxy) is 2. The molecule has 188 valence electrons. The summed E-state index contributed by atoms with van der Waals surface area (Å²) in [4.78, 5) is 21.3. The highest BCUT2D eigenvalue weighted by atomic mass is 32.2. The van der Waals surface area contributed by atoms with E-state index in [0.717, 1.165) is 40.2 Å². The maximum absolute atomic E-state index is 12.6. The van der Waals surface area contributed by atoms with Gasteiger partial charge in [0.2, 0.25) is 0 Å². The van der Waals surface area contributed by atoms with E-state index in [9.17, 15) is 4.79 Å². The molecule has 37 heavy (non-hydrogen) atoms. The van der Waals surface area contributed by atoms with E-state index in [-0.39, 0.29) is 6.10 Å². The summed E-state index contributed by atoms with van der Waals surface area (Å²) >= 11 is 1.53. The minimum Gasteiger partial charge on any atom is -0.485 e. The molecule has 1 spiro atoms. The molecule has 0 saturated heterocycles. The SMILES string of the molecule is [C-]#[N+]c1cccc(-c2ccc3c(c2)C2(CCSC(NC(=O)OC(C)(C)C)=N2)CC(c2ccccc2)O3)c1. The van der Waals surface area contributed by atoms with Gasteiger partial charge < -0.3 is 9.47 Å². The predicted octanol–water partition coefficient (Wildman–Crippen LogP) is 7.64. The fourth-order valence-corrected chi connectivity index (χ4v) is 5.82. The highest BCUT2D eigenvalue weighted by molar-refractivity contribution is 8.13. The number of alkyl carbamates (subject to hydrolysis) is 1. The third kappa shape index (κ3) is 5.50. The van der Waals surface area contributed by atoms with Crippen LogP contribution in [-0.2, 0) is 10.3 Å². The lowest BCUT2D eigenvalue weighted by Crippen LogP contribution is -2.41. The van der Waals surface area contributed by atoms with Crippen molar-refractivity contribution in [2.75, 3.05) is 5.75 Å². The molecule has 0 fully saturated rings. The number of amidine groups is 1. The average Bonchev–Trinajstić information content (AvgIpc) is 2.88. The second-order valence-electron chi connectivity index (χ2n) is 10.3. The normalized spacial score (nSPS) is 20.7. The van der Waals surface area contributed by atoms with Gasteiger partial charge in [-0.05, 0) is 62.1 Å². The van der Waals surface area contributed by atoms with Crippen LogP contribution in [0.2, 0.25) is 0 Å². The summed E-state index contributed by atoms with van der Waals surface area (Å²) in [6.07, 6.45) is 0.782. The van der Waals surface area contributed by atoms with Crippen molar-refractivity contribution in [3.05, 3.63) is 95.3 Å². The van der Waals surface area contributed by atoms with Crippen LogP contribution in [-0.4, -0.2) is 22.6 Å². The van der Waals surface area contributed by atoms with Crippen molar-refractivity contribution in [1.29, 1.82) is 0 Å². The number of carbonyl (C=O) groups excluding carboxylic acids is 1. The van der Waals surface area contributed by atoms with Crippen LogP contribution in [0.4, 0.5) is 10.5 Å². The van der Waals surface area contributed by atoms with Crippen molar-refractivity contribution in [2.24, 2.45) is 4.99 Å². The first-order valence-corrected chi connectivity index (χ1v) is 13.3. The number of hydrogen-bond donors (Lipinski definition) is 1. The average molecular weight is 512 g/mol. The summed E-state index contributed by atoms with van der Waals surface area (Å²) in [5.74, 6) is 1.59. The third-order valence-electron chi connectivity index (χ3n) is 6.43. The van der Waals surface area contributed by atoms with Gasteiger partial charge in [-0.1, -0.05) is 66.4 Å².